The Hall–Kier alpha value is -7.30. The summed E-state index contributed by atoms with van der Waals surface area (Å²) in [5.74, 6) is 0. The molecule has 0 saturated carbocycles. The Kier molecular flexibility index (Phi) is 6.32. The van der Waals surface area contributed by atoms with Gasteiger partial charge in [-0.2, -0.15) is 0 Å². The molecule has 1 aliphatic carbocycles. The summed E-state index contributed by atoms with van der Waals surface area (Å²) < 4.78 is 5.19. The van der Waals surface area contributed by atoms with Crippen molar-refractivity contribution >= 4 is 83.5 Å². The van der Waals surface area contributed by atoms with Gasteiger partial charge in [-0.1, -0.05) is 134 Å². The van der Waals surface area contributed by atoms with Crippen molar-refractivity contribution in [2.75, 3.05) is 4.81 Å². The highest BCUT2D eigenvalue weighted by Crippen LogP contribution is 2.55. The fraction of sp³-hybridized carbons (Fsp3) is 0.0877. The quantitative estimate of drug-likeness (QED) is 0.159. The van der Waals surface area contributed by atoms with Gasteiger partial charge in [-0.05, 0) is 124 Å². The largest absolute Gasteiger partial charge is 0.376 e. The summed E-state index contributed by atoms with van der Waals surface area (Å²) >= 11 is 0. The number of anilines is 2. The fourth-order valence-electron chi connectivity index (χ4n) is 11.8. The van der Waals surface area contributed by atoms with Crippen LogP contribution in [0.3, 0.4) is 0 Å². The van der Waals surface area contributed by atoms with E-state index in [9.17, 15) is 0 Å². The van der Waals surface area contributed by atoms with Crippen molar-refractivity contribution < 1.29 is 0 Å². The predicted molar refractivity (Wildman–Crippen MR) is 259 cm³/mol. The van der Waals surface area contributed by atoms with Crippen LogP contribution in [0.4, 0.5) is 11.4 Å². The van der Waals surface area contributed by atoms with Crippen LogP contribution < -0.4 is 15.7 Å². The first-order valence-corrected chi connectivity index (χ1v) is 21.6. The van der Waals surface area contributed by atoms with Gasteiger partial charge in [0, 0.05) is 49.6 Å². The smallest absolute Gasteiger partial charge is 0.333 e. The monoisotopic (exact) mass is 777 g/mol. The summed E-state index contributed by atoms with van der Waals surface area (Å²) in [5.41, 5.74) is 23.0. The van der Waals surface area contributed by atoms with Crippen LogP contribution in [-0.2, 0) is 5.41 Å². The molecule has 0 radical (unpaired) electrons. The number of aryl methyl sites for hydroxylation is 2. The third-order valence-electron chi connectivity index (χ3n) is 14.5. The summed E-state index contributed by atoms with van der Waals surface area (Å²) in [6, 6.07) is 64.9. The number of benzene rings is 9. The van der Waals surface area contributed by atoms with Gasteiger partial charge in [0.1, 0.15) is 0 Å². The lowest BCUT2D eigenvalue weighted by Gasteiger charge is -2.43. The van der Waals surface area contributed by atoms with Crippen LogP contribution in [0, 0.1) is 13.8 Å². The Bertz CT molecular complexity index is 3720. The van der Waals surface area contributed by atoms with E-state index in [1.165, 1.54) is 133 Å². The van der Waals surface area contributed by atoms with Crippen molar-refractivity contribution in [1.29, 1.82) is 0 Å². The first kappa shape index (κ1) is 33.5. The second-order valence-corrected chi connectivity index (χ2v) is 18.3. The minimum Gasteiger partial charge on any atom is -0.376 e. The molecule has 0 N–H and O–H groups in total. The topological polar surface area (TPSA) is 13.1 Å². The zero-order chi connectivity index (χ0) is 40.5. The van der Waals surface area contributed by atoms with Gasteiger partial charge in [0.15, 0.2) is 0 Å². The van der Waals surface area contributed by atoms with Gasteiger partial charge < -0.3 is 13.9 Å². The third kappa shape index (κ3) is 4.20. The Morgan fingerprint density at radius 1 is 0.443 bits per heavy atom. The number of nitrogens with zero attached hydrogens (tertiary/aromatic N) is 3. The first-order valence-electron chi connectivity index (χ1n) is 21.6. The van der Waals surface area contributed by atoms with Crippen molar-refractivity contribution in [3.63, 3.8) is 0 Å². The molecule has 3 nitrogen and oxygen atoms in total. The van der Waals surface area contributed by atoms with E-state index in [4.69, 9.17) is 0 Å². The molecule has 0 bridgehead atoms. The zero-order valence-electron chi connectivity index (χ0n) is 34.6. The fourth-order valence-corrected chi connectivity index (χ4v) is 11.8. The molecular weight excluding hydrogens is 737 g/mol. The molecule has 61 heavy (non-hydrogen) atoms. The highest BCUT2D eigenvalue weighted by Gasteiger charge is 2.46. The lowest BCUT2D eigenvalue weighted by molar-refractivity contribution is 0.660. The van der Waals surface area contributed by atoms with E-state index in [0.717, 1.165) is 0 Å². The molecule has 2 aromatic heterocycles. The predicted octanol–water partition coefficient (Wildman–Crippen LogP) is 13.2. The number of hydrogen-bond donors (Lipinski definition) is 0. The van der Waals surface area contributed by atoms with Crippen molar-refractivity contribution in [1.82, 2.24) is 9.13 Å². The number of para-hydroxylation sites is 2. The number of rotatable bonds is 2. The maximum absolute atomic E-state index is 2.69. The van der Waals surface area contributed by atoms with E-state index in [2.05, 4.69) is 211 Å². The van der Waals surface area contributed by atoms with Crippen molar-refractivity contribution in [3.05, 3.63) is 192 Å². The molecule has 0 fully saturated rings. The molecule has 286 valence electrons. The van der Waals surface area contributed by atoms with Crippen LogP contribution >= 0.6 is 0 Å². The van der Waals surface area contributed by atoms with E-state index in [0.29, 0.717) is 0 Å². The molecule has 14 rings (SSSR count). The van der Waals surface area contributed by atoms with Gasteiger partial charge in [0.2, 0.25) is 0 Å². The van der Waals surface area contributed by atoms with Crippen molar-refractivity contribution in [2.24, 2.45) is 0 Å². The van der Waals surface area contributed by atoms with Crippen LogP contribution in [0.5, 0.6) is 0 Å². The second kappa shape index (κ2) is 11.5. The van der Waals surface area contributed by atoms with Gasteiger partial charge in [0.05, 0.1) is 27.8 Å². The SMILES string of the molecule is Cc1ccc(N2B3c4cc(C)ccc4-n4c5cc6ccccc6cc5c5c(-n6c7ccccc7c7ccccc76)cc(c3c54)-c3cc4c(cc32)C(C)(C)c2ccccc2-4)cc1. The third-order valence-corrected chi connectivity index (χ3v) is 14.5. The molecule has 3 aliphatic rings. The minimum atomic E-state index is -0.145. The maximum Gasteiger partial charge on any atom is 0.333 e. The average molecular weight is 778 g/mol. The molecule has 4 heterocycles. The highest BCUT2D eigenvalue weighted by atomic mass is 15.1. The maximum atomic E-state index is 2.69. The molecule has 0 amide bonds. The second-order valence-electron chi connectivity index (χ2n) is 18.3. The molecule has 0 atom stereocenters. The van der Waals surface area contributed by atoms with Crippen LogP contribution in [0.15, 0.2) is 170 Å². The van der Waals surface area contributed by atoms with E-state index >= 15 is 0 Å². The number of fused-ring (bicyclic) bond motifs is 15. The van der Waals surface area contributed by atoms with E-state index in [-0.39, 0.29) is 12.3 Å². The molecule has 2 aliphatic heterocycles. The molecule has 11 aromatic rings. The lowest BCUT2D eigenvalue weighted by Crippen LogP contribution is -2.60. The molecule has 0 saturated heterocycles. The highest BCUT2D eigenvalue weighted by molar-refractivity contribution is 6.93. The van der Waals surface area contributed by atoms with Gasteiger partial charge in [0.25, 0.3) is 0 Å². The Morgan fingerprint density at radius 3 is 1.89 bits per heavy atom. The standard InChI is InChI=1S/C57H40BN3/c1-33-21-24-37(25-22-33)61-52-32-46-41(38-15-7-10-18-45(38)57(46,3)4)30-42(52)43-31-53(59-48-19-11-8-16-39(48)40-17-9-12-20-49(40)59)54-44-28-35-13-5-6-14-36(35)29-51(44)60-50-26-23-34(2)27-47(50)58(61)55(43)56(54)60/h5-32H,1-4H3. The summed E-state index contributed by atoms with van der Waals surface area (Å²) in [5, 5.41) is 7.61. The van der Waals surface area contributed by atoms with Crippen LogP contribution in [0.1, 0.15) is 36.1 Å². The summed E-state index contributed by atoms with van der Waals surface area (Å²) in [4.78, 5) is 2.69. The van der Waals surface area contributed by atoms with Crippen LogP contribution in [0.25, 0.3) is 88.0 Å². The van der Waals surface area contributed by atoms with Gasteiger partial charge in [-0.3, -0.25) is 0 Å². The molecular formula is C57H40BN3. The Morgan fingerprint density at radius 2 is 1.11 bits per heavy atom. The number of hydrogen-bond acceptors (Lipinski definition) is 1. The molecule has 9 aromatic carbocycles. The van der Waals surface area contributed by atoms with E-state index in [1.807, 2.05) is 0 Å². The summed E-state index contributed by atoms with van der Waals surface area (Å²) in [6.07, 6.45) is 0. The van der Waals surface area contributed by atoms with Crippen molar-refractivity contribution in [3.8, 4) is 33.6 Å². The normalized spacial score (nSPS) is 14.3. The Balaban J connectivity index is 1.24. The molecule has 4 heteroatoms. The average Bonchev–Trinajstić information content (AvgIpc) is 3.88. The lowest BCUT2D eigenvalue weighted by atomic mass is 9.43. The molecule has 0 unspecified atom stereocenters. The summed E-state index contributed by atoms with van der Waals surface area (Å²) in [6.45, 7) is 9.19. The Labute approximate surface area is 354 Å². The van der Waals surface area contributed by atoms with Gasteiger partial charge in [-0.25, -0.2) is 0 Å². The van der Waals surface area contributed by atoms with E-state index in [1.54, 1.807) is 0 Å². The zero-order valence-corrected chi connectivity index (χ0v) is 34.6. The van der Waals surface area contributed by atoms with Crippen LogP contribution in [-0.4, -0.2) is 16.0 Å². The summed E-state index contributed by atoms with van der Waals surface area (Å²) in [7, 11) is 0. The number of aromatic nitrogens is 2. The van der Waals surface area contributed by atoms with Crippen molar-refractivity contribution in [2.45, 2.75) is 33.1 Å². The van der Waals surface area contributed by atoms with Crippen LogP contribution in [0.2, 0.25) is 0 Å². The minimum absolute atomic E-state index is 0.0639. The van der Waals surface area contributed by atoms with Gasteiger partial charge >= 0.3 is 6.85 Å². The molecule has 0 spiro atoms. The van der Waals surface area contributed by atoms with E-state index < -0.39 is 0 Å². The first-order chi connectivity index (χ1) is 29.8. The van der Waals surface area contributed by atoms with Gasteiger partial charge in [-0.15, -0.1) is 0 Å².